The molecule has 1 fully saturated rings. The predicted molar refractivity (Wildman–Crippen MR) is 67.3 cm³/mol. The van der Waals surface area contributed by atoms with Gasteiger partial charge in [0, 0.05) is 18.8 Å². The molecule has 1 aromatic rings. The van der Waals surface area contributed by atoms with Crippen LogP contribution in [0.5, 0.6) is 0 Å². The second-order valence-electron chi connectivity index (χ2n) is 4.49. The highest BCUT2D eigenvalue weighted by atomic mass is 35.5. The van der Waals surface area contributed by atoms with Crippen molar-refractivity contribution in [2.75, 3.05) is 0 Å². The number of nitrogens with zero attached hydrogens (tertiary/aromatic N) is 2. The van der Waals surface area contributed by atoms with Gasteiger partial charge in [-0.15, -0.1) is 0 Å². The number of aryl methyl sites for hydroxylation is 1. The Morgan fingerprint density at radius 3 is 2.82 bits per heavy atom. The lowest BCUT2D eigenvalue weighted by molar-refractivity contribution is 0.0922. The molecule has 0 spiro atoms. The van der Waals surface area contributed by atoms with Gasteiger partial charge in [0.15, 0.2) is 5.69 Å². The van der Waals surface area contributed by atoms with E-state index in [1.165, 1.54) is 19.3 Å². The van der Waals surface area contributed by atoms with Gasteiger partial charge >= 0.3 is 0 Å². The molecule has 1 saturated carbocycles. The van der Waals surface area contributed by atoms with Crippen LogP contribution in [0.1, 0.15) is 49.5 Å². The van der Waals surface area contributed by atoms with Gasteiger partial charge in [0.25, 0.3) is 5.91 Å². The van der Waals surface area contributed by atoms with Crippen molar-refractivity contribution in [1.82, 2.24) is 15.1 Å². The molecule has 5 heteroatoms. The molecule has 1 amide bonds. The highest BCUT2D eigenvalue weighted by Gasteiger charge is 2.20. The zero-order valence-electron chi connectivity index (χ0n) is 10.1. The maximum Gasteiger partial charge on any atom is 0.273 e. The Labute approximate surface area is 106 Å². The Morgan fingerprint density at radius 1 is 1.53 bits per heavy atom. The molecule has 0 bridgehead atoms. The summed E-state index contributed by atoms with van der Waals surface area (Å²) in [6.45, 7) is 2.68. The topological polar surface area (TPSA) is 46.9 Å². The number of hydrogen-bond acceptors (Lipinski definition) is 2. The molecule has 0 atom stereocenters. The molecule has 1 N–H and O–H groups in total. The standard InChI is InChI=1S/C12H18ClN3O/c1-2-16-8-10(13)11(15-16)12(17)14-9-6-4-3-5-7-9/h8-9H,2-7H2,1H3,(H,14,17). The van der Waals surface area contributed by atoms with E-state index in [2.05, 4.69) is 10.4 Å². The SMILES string of the molecule is CCn1cc(Cl)c(C(=O)NC2CCCCC2)n1. The van der Waals surface area contributed by atoms with Crippen molar-refractivity contribution < 1.29 is 4.79 Å². The maximum absolute atomic E-state index is 12.0. The van der Waals surface area contributed by atoms with Crippen LogP contribution in [0.3, 0.4) is 0 Å². The summed E-state index contributed by atoms with van der Waals surface area (Å²) >= 11 is 5.99. The average molecular weight is 256 g/mol. The number of amides is 1. The molecule has 0 unspecified atom stereocenters. The monoisotopic (exact) mass is 255 g/mol. The number of nitrogens with one attached hydrogen (secondary N) is 1. The van der Waals surface area contributed by atoms with Crippen LogP contribution in [-0.2, 0) is 6.54 Å². The molecule has 0 radical (unpaired) electrons. The molecular formula is C12H18ClN3O. The van der Waals surface area contributed by atoms with Gasteiger partial charge in [-0.25, -0.2) is 0 Å². The molecule has 1 aromatic heterocycles. The maximum atomic E-state index is 12.0. The Bertz CT molecular complexity index is 396. The fourth-order valence-corrected chi connectivity index (χ4v) is 2.45. The van der Waals surface area contributed by atoms with E-state index >= 15 is 0 Å². The first-order valence-corrected chi connectivity index (χ1v) is 6.62. The number of carbonyl (C=O) groups is 1. The average Bonchev–Trinajstić information content (AvgIpc) is 2.72. The fourth-order valence-electron chi connectivity index (χ4n) is 2.21. The molecule has 1 heterocycles. The van der Waals surface area contributed by atoms with Gasteiger partial charge in [0.1, 0.15) is 0 Å². The molecule has 1 aliphatic carbocycles. The third-order valence-electron chi connectivity index (χ3n) is 3.20. The summed E-state index contributed by atoms with van der Waals surface area (Å²) in [5.41, 5.74) is 0.346. The van der Waals surface area contributed by atoms with E-state index in [0.717, 1.165) is 19.4 Å². The third kappa shape index (κ3) is 3.00. The Kier molecular flexibility index (Phi) is 4.05. The van der Waals surface area contributed by atoms with E-state index in [4.69, 9.17) is 11.6 Å². The van der Waals surface area contributed by atoms with E-state index < -0.39 is 0 Å². The number of carbonyl (C=O) groups excluding carboxylic acids is 1. The lowest BCUT2D eigenvalue weighted by Gasteiger charge is -2.22. The van der Waals surface area contributed by atoms with Gasteiger partial charge < -0.3 is 5.32 Å². The van der Waals surface area contributed by atoms with Gasteiger partial charge in [0.05, 0.1) is 5.02 Å². The molecular weight excluding hydrogens is 238 g/mol. The lowest BCUT2D eigenvalue weighted by Crippen LogP contribution is -2.36. The van der Waals surface area contributed by atoms with Gasteiger partial charge in [-0.05, 0) is 19.8 Å². The van der Waals surface area contributed by atoms with Crippen molar-refractivity contribution in [3.05, 3.63) is 16.9 Å². The van der Waals surface area contributed by atoms with Crippen LogP contribution >= 0.6 is 11.6 Å². The third-order valence-corrected chi connectivity index (χ3v) is 3.47. The quantitative estimate of drug-likeness (QED) is 0.903. The Hall–Kier alpha value is -1.03. The van der Waals surface area contributed by atoms with E-state index in [-0.39, 0.29) is 5.91 Å². The minimum Gasteiger partial charge on any atom is -0.348 e. The van der Waals surface area contributed by atoms with Crippen molar-refractivity contribution >= 4 is 17.5 Å². The van der Waals surface area contributed by atoms with E-state index in [0.29, 0.717) is 16.8 Å². The van der Waals surface area contributed by atoms with Crippen molar-refractivity contribution in [3.8, 4) is 0 Å². The largest absolute Gasteiger partial charge is 0.348 e. The zero-order valence-corrected chi connectivity index (χ0v) is 10.8. The number of rotatable bonds is 3. The van der Waals surface area contributed by atoms with Gasteiger partial charge in [-0.1, -0.05) is 30.9 Å². The van der Waals surface area contributed by atoms with Crippen molar-refractivity contribution in [2.45, 2.75) is 51.6 Å². The highest BCUT2D eigenvalue weighted by molar-refractivity contribution is 6.33. The first kappa shape index (κ1) is 12.4. The second-order valence-corrected chi connectivity index (χ2v) is 4.90. The summed E-state index contributed by atoms with van der Waals surface area (Å²) in [6.07, 6.45) is 7.49. The normalized spacial score (nSPS) is 17.1. The van der Waals surface area contributed by atoms with Crippen LogP contribution in [0.4, 0.5) is 0 Å². The van der Waals surface area contributed by atoms with E-state index in [1.807, 2.05) is 6.92 Å². The van der Waals surface area contributed by atoms with Gasteiger partial charge in [0.2, 0.25) is 0 Å². The minimum absolute atomic E-state index is 0.144. The molecule has 0 aromatic carbocycles. The highest BCUT2D eigenvalue weighted by Crippen LogP contribution is 2.19. The molecule has 17 heavy (non-hydrogen) atoms. The number of hydrogen-bond donors (Lipinski definition) is 1. The fraction of sp³-hybridized carbons (Fsp3) is 0.667. The van der Waals surface area contributed by atoms with Crippen LogP contribution in [-0.4, -0.2) is 21.7 Å². The predicted octanol–water partition coefficient (Wildman–Crippen LogP) is 2.62. The second kappa shape index (κ2) is 5.54. The molecule has 4 nitrogen and oxygen atoms in total. The van der Waals surface area contributed by atoms with Crippen LogP contribution in [0, 0.1) is 0 Å². The van der Waals surface area contributed by atoms with E-state index in [1.54, 1.807) is 10.9 Å². The zero-order chi connectivity index (χ0) is 12.3. The van der Waals surface area contributed by atoms with Crippen molar-refractivity contribution in [2.24, 2.45) is 0 Å². The summed E-state index contributed by atoms with van der Waals surface area (Å²) < 4.78 is 1.68. The molecule has 1 aliphatic rings. The van der Waals surface area contributed by atoms with E-state index in [9.17, 15) is 4.79 Å². The van der Waals surface area contributed by atoms with Crippen LogP contribution in [0.25, 0.3) is 0 Å². The van der Waals surface area contributed by atoms with Crippen LogP contribution in [0.2, 0.25) is 5.02 Å². The summed E-state index contributed by atoms with van der Waals surface area (Å²) in [5.74, 6) is -0.144. The number of aromatic nitrogens is 2. The summed E-state index contributed by atoms with van der Waals surface area (Å²) in [5, 5.41) is 7.61. The first-order valence-electron chi connectivity index (χ1n) is 6.24. The molecule has 2 rings (SSSR count). The molecule has 0 saturated heterocycles. The minimum atomic E-state index is -0.144. The van der Waals surface area contributed by atoms with Crippen LogP contribution < -0.4 is 5.32 Å². The van der Waals surface area contributed by atoms with Gasteiger partial charge in [-0.2, -0.15) is 5.10 Å². The van der Waals surface area contributed by atoms with Gasteiger partial charge in [-0.3, -0.25) is 9.48 Å². The molecule has 94 valence electrons. The number of halogens is 1. The Morgan fingerprint density at radius 2 is 2.24 bits per heavy atom. The van der Waals surface area contributed by atoms with Crippen molar-refractivity contribution in [3.63, 3.8) is 0 Å². The first-order chi connectivity index (χ1) is 8.20. The van der Waals surface area contributed by atoms with Crippen molar-refractivity contribution in [1.29, 1.82) is 0 Å². The summed E-state index contributed by atoms with van der Waals surface area (Å²) in [4.78, 5) is 12.0. The lowest BCUT2D eigenvalue weighted by atomic mass is 9.95. The Balaban J connectivity index is 2.00. The summed E-state index contributed by atoms with van der Waals surface area (Å²) in [6, 6.07) is 0.291. The summed E-state index contributed by atoms with van der Waals surface area (Å²) in [7, 11) is 0. The molecule has 0 aliphatic heterocycles. The smallest absolute Gasteiger partial charge is 0.273 e. The van der Waals surface area contributed by atoms with Crippen LogP contribution in [0.15, 0.2) is 6.20 Å².